The summed E-state index contributed by atoms with van der Waals surface area (Å²) >= 11 is 0. The molecule has 0 bridgehead atoms. The minimum Gasteiger partial charge on any atom is -0.493 e. The summed E-state index contributed by atoms with van der Waals surface area (Å²) < 4.78 is 12.4. The fraction of sp³-hybridized carbons (Fsp3) is 0.429. The van der Waals surface area contributed by atoms with Gasteiger partial charge in [0.1, 0.15) is 0 Å². The molecule has 7 heteroatoms. The number of fused-ring (bicyclic) bond motifs is 1. The molecule has 0 unspecified atom stereocenters. The summed E-state index contributed by atoms with van der Waals surface area (Å²) in [5.41, 5.74) is 1.54. The highest BCUT2D eigenvalue weighted by molar-refractivity contribution is 5.83. The van der Waals surface area contributed by atoms with Gasteiger partial charge in [0.15, 0.2) is 11.5 Å². The molecule has 0 saturated heterocycles. The van der Waals surface area contributed by atoms with Crippen LogP contribution in [0.25, 0.3) is 11.0 Å². The molecule has 0 saturated carbocycles. The van der Waals surface area contributed by atoms with Crippen LogP contribution in [0.4, 0.5) is 5.95 Å². The minimum absolute atomic E-state index is 0.0260. The molecular weight excluding hydrogens is 274 g/mol. The van der Waals surface area contributed by atoms with Gasteiger partial charge in [-0.15, -0.1) is 0 Å². The van der Waals surface area contributed by atoms with Gasteiger partial charge in [-0.1, -0.05) is 0 Å². The number of ether oxygens (including phenoxy) is 2. The zero-order chi connectivity index (χ0) is 15.4. The summed E-state index contributed by atoms with van der Waals surface area (Å²) in [6.07, 6.45) is 0.0260. The summed E-state index contributed by atoms with van der Waals surface area (Å²) in [5.74, 6) is 0.976. The number of carboxylic acids is 1. The minimum atomic E-state index is -0.847. The molecule has 114 valence electrons. The molecule has 1 heterocycles. The third kappa shape index (κ3) is 3.01. The van der Waals surface area contributed by atoms with Crippen LogP contribution in [0.1, 0.15) is 13.3 Å². The zero-order valence-corrected chi connectivity index (χ0v) is 12.3. The number of benzene rings is 1. The Morgan fingerprint density at radius 3 is 2.57 bits per heavy atom. The normalized spacial score (nSPS) is 10.6. The van der Waals surface area contributed by atoms with Gasteiger partial charge in [-0.2, -0.15) is 0 Å². The Balaban J connectivity index is 2.55. The third-order valence-electron chi connectivity index (χ3n) is 3.14. The predicted octanol–water partition coefficient (Wildman–Crippen LogP) is 1.96. The van der Waals surface area contributed by atoms with Crippen molar-refractivity contribution in [3.8, 4) is 11.5 Å². The highest BCUT2D eigenvalue weighted by Crippen LogP contribution is 2.33. The van der Waals surface area contributed by atoms with Crippen LogP contribution in [0, 0.1) is 0 Å². The average Bonchev–Trinajstić information content (AvgIpc) is 2.80. The van der Waals surface area contributed by atoms with Crippen LogP contribution in [0.5, 0.6) is 11.5 Å². The monoisotopic (exact) mass is 293 g/mol. The Labute approximate surface area is 122 Å². The Morgan fingerprint density at radius 1 is 1.33 bits per heavy atom. The van der Waals surface area contributed by atoms with Crippen molar-refractivity contribution in [1.29, 1.82) is 0 Å². The fourth-order valence-electron chi connectivity index (χ4n) is 2.18. The van der Waals surface area contributed by atoms with Gasteiger partial charge in [0.2, 0.25) is 5.95 Å². The van der Waals surface area contributed by atoms with Crippen molar-refractivity contribution in [2.45, 2.75) is 19.9 Å². The van der Waals surface area contributed by atoms with Crippen molar-refractivity contribution in [2.24, 2.45) is 0 Å². The van der Waals surface area contributed by atoms with E-state index in [4.69, 9.17) is 14.6 Å². The summed E-state index contributed by atoms with van der Waals surface area (Å²) in [5, 5.41) is 12.0. The molecule has 0 aliphatic carbocycles. The first-order valence-electron chi connectivity index (χ1n) is 6.68. The van der Waals surface area contributed by atoms with Crippen molar-refractivity contribution >= 4 is 23.0 Å². The first kappa shape index (κ1) is 15.0. The molecule has 7 nitrogen and oxygen atoms in total. The zero-order valence-electron chi connectivity index (χ0n) is 12.3. The molecular formula is C14H19N3O4. The van der Waals surface area contributed by atoms with Crippen molar-refractivity contribution in [3.05, 3.63) is 12.1 Å². The quantitative estimate of drug-likeness (QED) is 0.811. The number of hydrogen-bond acceptors (Lipinski definition) is 5. The standard InChI is InChI=1S/C14H19N3O4/c1-4-15-14-16-9-7-11(20-2)12(21-3)8-10(9)17(14)6-5-13(18)19/h7-8H,4-6H2,1-3H3,(H,15,16)(H,18,19). The van der Waals surface area contributed by atoms with Crippen LogP contribution in [-0.2, 0) is 11.3 Å². The van der Waals surface area contributed by atoms with Gasteiger partial charge < -0.3 is 24.5 Å². The number of nitrogens with zero attached hydrogens (tertiary/aromatic N) is 2. The van der Waals surface area contributed by atoms with Gasteiger partial charge in [0, 0.05) is 25.2 Å². The van der Waals surface area contributed by atoms with Crippen molar-refractivity contribution in [2.75, 3.05) is 26.1 Å². The van der Waals surface area contributed by atoms with E-state index >= 15 is 0 Å². The Kier molecular flexibility index (Phi) is 4.52. The number of rotatable bonds is 7. The molecule has 0 aliphatic rings. The fourth-order valence-corrected chi connectivity index (χ4v) is 2.18. The number of aliphatic carboxylic acids is 1. The number of nitrogens with one attached hydrogen (secondary N) is 1. The number of aromatic nitrogens is 2. The van der Waals surface area contributed by atoms with Gasteiger partial charge in [-0.3, -0.25) is 4.79 Å². The van der Waals surface area contributed by atoms with Crippen LogP contribution in [0.2, 0.25) is 0 Å². The molecule has 0 atom stereocenters. The summed E-state index contributed by atoms with van der Waals surface area (Å²) in [7, 11) is 3.13. The lowest BCUT2D eigenvalue weighted by atomic mass is 10.2. The Hall–Kier alpha value is -2.44. The van der Waals surface area contributed by atoms with Gasteiger partial charge in [0.05, 0.1) is 31.7 Å². The lowest BCUT2D eigenvalue weighted by molar-refractivity contribution is -0.137. The molecule has 0 fully saturated rings. The number of carbonyl (C=O) groups is 1. The van der Waals surface area contributed by atoms with Crippen LogP contribution >= 0.6 is 0 Å². The second-order valence-electron chi connectivity index (χ2n) is 4.46. The maximum absolute atomic E-state index is 10.8. The molecule has 1 aromatic carbocycles. The van der Waals surface area contributed by atoms with Crippen LogP contribution in [0.15, 0.2) is 12.1 Å². The smallest absolute Gasteiger partial charge is 0.305 e. The van der Waals surface area contributed by atoms with E-state index in [1.54, 1.807) is 20.3 Å². The van der Waals surface area contributed by atoms with Crippen LogP contribution in [0.3, 0.4) is 0 Å². The second-order valence-corrected chi connectivity index (χ2v) is 4.46. The summed E-state index contributed by atoms with van der Waals surface area (Å²) in [4.78, 5) is 15.3. The molecule has 2 N–H and O–H groups in total. The number of hydrogen-bond donors (Lipinski definition) is 2. The highest BCUT2D eigenvalue weighted by atomic mass is 16.5. The van der Waals surface area contributed by atoms with Gasteiger partial charge in [0.25, 0.3) is 0 Å². The average molecular weight is 293 g/mol. The van der Waals surface area contributed by atoms with Gasteiger partial charge in [-0.25, -0.2) is 4.98 Å². The van der Waals surface area contributed by atoms with E-state index in [0.717, 1.165) is 11.0 Å². The number of imidazole rings is 1. The van der Waals surface area contributed by atoms with Crippen LogP contribution in [-0.4, -0.2) is 41.4 Å². The first-order valence-corrected chi connectivity index (χ1v) is 6.68. The molecule has 0 aliphatic heterocycles. The Morgan fingerprint density at radius 2 is 2.00 bits per heavy atom. The number of aryl methyl sites for hydroxylation is 1. The lowest BCUT2D eigenvalue weighted by Gasteiger charge is -2.10. The number of anilines is 1. The van der Waals surface area contributed by atoms with E-state index in [-0.39, 0.29) is 6.42 Å². The number of carboxylic acid groups (broad SMARTS) is 1. The van der Waals surface area contributed by atoms with E-state index in [1.807, 2.05) is 17.6 Å². The Bertz CT molecular complexity index is 651. The third-order valence-corrected chi connectivity index (χ3v) is 3.14. The molecule has 0 amide bonds. The largest absolute Gasteiger partial charge is 0.493 e. The van der Waals surface area contributed by atoms with Gasteiger partial charge in [-0.05, 0) is 6.92 Å². The van der Waals surface area contributed by atoms with E-state index in [9.17, 15) is 4.79 Å². The molecule has 2 aromatic rings. The number of methoxy groups -OCH3 is 2. The maximum Gasteiger partial charge on any atom is 0.305 e. The van der Waals surface area contributed by atoms with Crippen LogP contribution < -0.4 is 14.8 Å². The van der Waals surface area contributed by atoms with Crippen molar-refractivity contribution < 1.29 is 19.4 Å². The van der Waals surface area contributed by atoms with Gasteiger partial charge >= 0.3 is 5.97 Å². The van der Waals surface area contributed by atoms with E-state index in [1.165, 1.54) is 0 Å². The molecule has 0 radical (unpaired) electrons. The topological polar surface area (TPSA) is 85.6 Å². The highest BCUT2D eigenvalue weighted by Gasteiger charge is 2.15. The SMILES string of the molecule is CCNc1nc2cc(OC)c(OC)cc2n1CCC(=O)O. The second kappa shape index (κ2) is 6.34. The summed E-state index contributed by atoms with van der Waals surface area (Å²) in [6, 6.07) is 3.59. The maximum atomic E-state index is 10.8. The van der Waals surface area contributed by atoms with E-state index < -0.39 is 5.97 Å². The van der Waals surface area contributed by atoms with Crippen molar-refractivity contribution in [1.82, 2.24) is 9.55 Å². The molecule has 1 aromatic heterocycles. The van der Waals surface area contributed by atoms with E-state index in [2.05, 4.69) is 10.3 Å². The van der Waals surface area contributed by atoms with Crippen molar-refractivity contribution in [3.63, 3.8) is 0 Å². The first-order chi connectivity index (χ1) is 10.1. The lowest BCUT2D eigenvalue weighted by Crippen LogP contribution is -2.09. The molecule has 2 rings (SSSR count). The molecule has 0 spiro atoms. The van der Waals surface area contributed by atoms with E-state index in [0.29, 0.717) is 30.5 Å². The molecule has 21 heavy (non-hydrogen) atoms. The summed E-state index contributed by atoms with van der Waals surface area (Å²) in [6.45, 7) is 3.00. The predicted molar refractivity (Wildman–Crippen MR) is 79.3 cm³/mol.